The molecule has 4 saturated carbocycles. The van der Waals surface area contributed by atoms with Gasteiger partial charge in [0.2, 0.25) is 0 Å². The molecule has 216 valence electrons. The van der Waals surface area contributed by atoms with Crippen LogP contribution in [0.25, 0.3) is 0 Å². The van der Waals surface area contributed by atoms with Gasteiger partial charge in [0.25, 0.3) is 0 Å². The lowest BCUT2D eigenvalue weighted by Gasteiger charge is -2.50. The molecule has 0 heterocycles. The van der Waals surface area contributed by atoms with E-state index in [-0.39, 0.29) is 0 Å². The Morgan fingerprint density at radius 3 is 1.97 bits per heavy atom. The molecule has 0 aromatic carbocycles. The minimum Gasteiger partial charge on any atom is -0.316 e. The Bertz CT molecular complexity index is 616. The summed E-state index contributed by atoms with van der Waals surface area (Å²) in [6, 6.07) is 0.797. The quantitative estimate of drug-likeness (QED) is 0.289. The lowest BCUT2D eigenvalue weighted by molar-refractivity contribution is 0.0215. The van der Waals surface area contributed by atoms with Crippen molar-refractivity contribution in [2.45, 2.75) is 162 Å². The van der Waals surface area contributed by atoms with Gasteiger partial charge >= 0.3 is 0 Å². The van der Waals surface area contributed by atoms with Gasteiger partial charge in [-0.1, -0.05) is 130 Å². The summed E-state index contributed by atoms with van der Waals surface area (Å²) in [5, 5.41) is 4.01. The lowest BCUT2D eigenvalue weighted by Crippen LogP contribution is -2.50. The van der Waals surface area contributed by atoms with Crippen molar-refractivity contribution in [3.05, 3.63) is 0 Å². The minimum absolute atomic E-state index is 0.797. The van der Waals surface area contributed by atoms with E-state index in [0.717, 1.165) is 65.2 Å². The van der Waals surface area contributed by atoms with Crippen LogP contribution < -0.4 is 5.32 Å². The fourth-order valence-electron chi connectivity index (χ4n) is 10.8. The zero-order valence-electron chi connectivity index (χ0n) is 26.0. The average Bonchev–Trinajstić information content (AvgIpc) is 2.93. The van der Waals surface area contributed by atoms with Crippen molar-refractivity contribution in [2.75, 3.05) is 7.05 Å². The first-order valence-corrected chi connectivity index (χ1v) is 17.7. The molecule has 0 saturated heterocycles. The van der Waals surface area contributed by atoms with E-state index in [9.17, 15) is 0 Å². The van der Waals surface area contributed by atoms with Crippen LogP contribution in [0.15, 0.2) is 0 Å². The first-order chi connectivity index (χ1) is 18.0. The van der Waals surface area contributed by atoms with E-state index in [1.54, 1.807) is 38.5 Å². The number of rotatable bonds is 11. The molecule has 0 spiro atoms. The Balaban J connectivity index is 1.48. The zero-order valence-corrected chi connectivity index (χ0v) is 26.0. The molecule has 37 heavy (non-hydrogen) atoms. The molecule has 1 heteroatoms. The van der Waals surface area contributed by atoms with Gasteiger partial charge in [0.15, 0.2) is 0 Å². The van der Waals surface area contributed by atoms with Crippen LogP contribution in [0.4, 0.5) is 0 Å². The smallest absolute Gasteiger partial charge is 0.0123 e. The van der Waals surface area contributed by atoms with Gasteiger partial charge in [-0.3, -0.25) is 0 Å². The predicted molar refractivity (Wildman–Crippen MR) is 163 cm³/mol. The van der Waals surface area contributed by atoms with Gasteiger partial charge in [0.1, 0.15) is 0 Å². The molecule has 0 aromatic heterocycles. The monoisotopic (exact) mass is 514 g/mol. The van der Waals surface area contributed by atoms with Gasteiger partial charge in [-0.15, -0.1) is 0 Å². The summed E-state index contributed by atoms with van der Waals surface area (Å²) in [6.07, 6.45) is 30.1. The SMILES string of the molecule is CCCC(C)C(CCC)C1CC(CC2CC(C3CCCCC3)CC(C3CCCCC3)C2NC)CCC1C. The van der Waals surface area contributed by atoms with E-state index >= 15 is 0 Å². The van der Waals surface area contributed by atoms with Crippen LogP contribution in [-0.2, 0) is 0 Å². The van der Waals surface area contributed by atoms with Gasteiger partial charge in [-0.05, 0) is 91.9 Å². The summed E-state index contributed by atoms with van der Waals surface area (Å²) in [7, 11) is 2.34. The molecule has 0 aromatic rings. The molecule has 1 nitrogen and oxygen atoms in total. The molecule has 0 bridgehead atoms. The topological polar surface area (TPSA) is 12.0 Å². The van der Waals surface area contributed by atoms with Gasteiger partial charge in [-0.2, -0.15) is 0 Å². The van der Waals surface area contributed by atoms with Crippen molar-refractivity contribution < 1.29 is 0 Å². The molecule has 0 amide bonds. The van der Waals surface area contributed by atoms with E-state index in [4.69, 9.17) is 0 Å². The average molecular weight is 514 g/mol. The van der Waals surface area contributed by atoms with Crippen LogP contribution >= 0.6 is 0 Å². The highest BCUT2D eigenvalue weighted by Crippen LogP contribution is 2.51. The first-order valence-electron chi connectivity index (χ1n) is 17.7. The lowest BCUT2D eigenvalue weighted by atomic mass is 9.58. The highest BCUT2D eigenvalue weighted by molar-refractivity contribution is 4.97. The highest BCUT2D eigenvalue weighted by Gasteiger charge is 2.44. The molecule has 9 unspecified atom stereocenters. The van der Waals surface area contributed by atoms with Crippen LogP contribution in [-0.4, -0.2) is 13.1 Å². The molecular formula is C36H67N. The van der Waals surface area contributed by atoms with E-state index in [1.165, 1.54) is 89.9 Å². The van der Waals surface area contributed by atoms with Crippen LogP contribution in [0.5, 0.6) is 0 Å². The molecule has 4 aliphatic carbocycles. The van der Waals surface area contributed by atoms with Gasteiger partial charge in [0, 0.05) is 6.04 Å². The van der Waals surface area contributed by atoms with Gasteiger partial charge < -0.3 is 5.32 Å². The zero-order chi connectivity index (χ0) is 26.2. The van der Waals surface area contributed by atoms with Crippen LogP contribution in [0, 0.1) is 59.2 Å². The van der Waals surface area contributed by atoms with Crippen molar-refractivity contribution in [1.82, 2.24) is 5.32 Å². The van der Waals surface area contributed by atoms with Crippen molar-refractivity contribution in [3.63, 3.8) is 0 Å². The second kappa shape index (κ2) is 15.1. The van der Waals surface area contributed by atoms with Crippen LogP contribution in [0.3, 0.4) is 0 Å². The summed E-state index contributed by atoms with van der Waals surface area (Å²) >= 11 is 0. The van der Waals surface area contributed by atoms with Gasteiger partial charge in [0.05, 0.1) is 0 Å². The minimum atomic E-state index is 0.797. The molecule has 1 N–H and O–H groups in total. The Kier molecular flexibility index (Phi) is 12.2. The maximum atomic E-state index is 4.01. The summed E-state index contributed by atoms with van der Waals surface area (Å²) in [5.74, 6) is 9.84. The molecule has 4 aliphatic rings. The Labute approximate surface area is 233 Å². The van der Waals surface area contributed by atoms with Crippen molar-refractivity contribution in [1.29, 1.82) is 0 Å². The Hall–Kier alpha value is -0.0400. The summed E-state index contributed by atoms with van der Waals surface area (Å²) in [6.45, 7) is 10.1. The third kappa shape index (κ3) is 7.79. The van der Waals surface area contributed by atoms with Crippen molar-refractivity contribution >= 4 is 0 Å². The van der Waals surface area contributed by atoms with E-state index in [1.807, 2.05) is 0 Å². The number of hydrogen-bond donors (Lipinski definition) is 1. The molecule has 0 aliphatic heterocycles. The number of nitrogens with one attached hydrogen (secondary N) is 1. The number of hydrogen-bond acceptors (Lipinski definition) is 1. The van der Waals surface area contributed by atoms with Gasteiger partial charge in [-0.25, -0.2) is 0 Å². The third-order valence-corrected chi connectivity index (χ3v) is 12.7. The molecule has 4 fully saturated rings. The standard InChI is InChI=1S/C36H67N/c1-6-14-26(3)33(15-7-2)34-23-28(21-20-27(34)4)22-32-24-31(29-16-10-8-11-17-29)25-35(36(32)37-5)30-18-12-9-13-19-30/h26-37H,6-25H2,1-5H3. The second-order valence-electron chi connectivity index (χ2n) is 15.0. The van der Waals surface area contributed by atoms with Crippen molar-refractivity contribution in [2.24, 2.45) is 59.2 Å². The molecule has 9 atom stereocenters. The summed E-state index contributed by atoms with van der Waals surface area (Å²) in [4.78, 5) is 0. The van der Waals surface area contributed by atoms with Crippen molar-refractivity contribution in [3.8, 4) is 0 Å². The second-order valence-corrected chi connectivity index (χ2v) is 15.0. The van der Waals surface area contributed by atoms with E-state index in [0.29, 0.717) is 0 Å². The predicted octanol–water partition coefficient (Wildman–Crippen LogP) is 10.7. The normalized spacial score (nSPS) is 38.4. The molecule has 4 rings (SSSR count). The highest BCUT2D eigenvalue weighted by atomic mass is 14.9. The molecular weight excluding hydrogens is 446 g/mol. The molecule has 0 radical (unpaired) electrons. The van der Waals surface area contributed by atoms with E-state index < -0.39 is 0 Å². The van der Waals surface area contributed by atoms with E-state index in [2.05, 4.69) is 40.1 Å². The fourth-order valence-corrected chi connectivity index (χ4v) is 10.8. The summed E-state index contributed by atoms with van der Waals surface area (Å²) in [5.41, 5.74) is 0. The maximum Gasteiger partial charge on any atom is 0.0123 e. The Morgan fingerprint density at radius 2 is 1.35 bits per heavy atom. The van der Waals surface area contributed by atoms with Crippen LogP contribution in [0.1, 0.15) is 156 Å². The first kappa shape index (κ1) is 29.9. The maximum absolute atomic E-state index is 4.01. The fraction of sp³-hybridized carbons (Fsp3) is 1.00. The Morgan fingerprint density at radius 1 is 0.703 bits per heavy atom. The largest absolute Gasteiger partial charge is 0.316 e. The summed E-state index contributed by atoms with van der Waals surface area (Å²) < 4.78 is 0. The van der Waals surface area contributed by atoms with Crippen LogP contribution in [0.2, 0.25) is 0 Å². The third-order valence-electron chi connectivity index (χ3n) is 12.7.